The maximum Gasteiger partial charge on any atom is 0.321 e. The molecular formula is C23H32N4O2. The van der Waals surface area contributed by atoms with Crippen LogP contribution >= 0.6 is 0 Å². The number of nitrogens with one attached hydrogen (secondary N) is 1. The molecule has 6 heteroatoms. The van der Waals surface area contributed by atoms with Crippen LogP contribution in [0.3, 0.4) is 0 Å². The van der Waals surface area contributed by atoms with E-state index in [0.717, 1.165) is 30.8 Å². The van der Waals surface area contributed by atoms with Gasteiger partial charge in [0.25, 0.3) is 5.91 Å². The fourth-order valence-electron chi connectivity index (χ4n) is 5.25. The Morgan fingerprint density at radius 3 is 2.66 bits per heavy atom. The van der Waals surface area contributed by atoms with Gasteiger partial charge in [-0.2, -0.15) is 0 Å². The molecule has 1 spiro atoms. The normalized spacial score (nSPS) is 28.4. The molecule has 1 aliphatic carbocycles. The van der Waals surface area contributed by atoms with Crippen molar-refractivity contribution in [3.8, 4) is 0 Å². The lowest BCUT2D eigenvalue weighted by Crippen LogP contribution is -2.47. The van der Waals surface area contributed by atoms with Crippen LogP contribution in [-0.2, 0) is 11.2 Å². The molecule has 3 amide bonds. The van der Waals surface area contributed by atoms with E-state index >= 15 is 0 Å². The van der Waals surface area contributed by atoms with Gasteiger partial charge in [0.05, 0.1) is 0 Å². The van der Waals surface area contributed by atoms with E-state index in [0.29, 0.717) is 31.5 Å². The van der Waals surface area contributed by atoms with Crippen molar-refractivity contribution < 1.29 is 9.59 Å². The summed E-state index contributed by atoms with van der Waals surface area (Å²) in [6.45, 7) is 10.3. The van der Waals surface area contributed by atoms with Gasteiger partial charge in [0.15, 0.2) is 0 Å². The standard InChI is InChI=1S/C23H32N4O2/c1-5-17-6-8-19(9-7-17)24-22(29)26-13-18-10-11-23(20(18)14-26)21(28)27(12-15(2)3)16(4)25-23/h6-9,15,18,20H,5,10-14H2,1-4H3,(H,24,29)/t18-,20+,23-/m1/s1. The van der Waals surface area contributed by atoms with Crippen molar-refractivity contribution in [1.29, 1.82) is 0 Å². The molecule has 1 aromatic rings. The molecule has 1 saturated carbocycles. The number of urea groups is 1. The van der Waals surface area contributed by atoms with E-state index < -0.39 is 5.54 Å². The van der Waals surface area contributed by atoms with Gasteiger partial charge in [-0.3, -0.25) is 14.7 Å². The minimum Gasteiger partial charge on any atom is -0.324 e. The second kappa shape index (κ2) is 7.47. The first kappa shape index (κ1) is 19.9. The van der Waals surface area contributed by atoms with Gasteiger partial charge in [-0.05, 0) is 55.7 Å². The molecule has 0 radical (unpaired) electrons. The van der Waals surface area contributed by atoms with Crippen LogP contribution in [-0.4, -0.2) is 52.7 Å². The molecular weight excluding hydrogens is 364 g/mol. The lowest BCUT2D eigenvalue weighted by molar-refractivity contribution is -0.132. The Morgan fingerprint density at radius 2 is 2.00 bits per heavy atom. The van der Waals surface area contributed by atoms with E-state index in [2.05, 4.69) is 26.1 Å². The van der Waals surface area contributed by atoms with Gasteiger partial charge in [0, 0.05) is 31.2 Å². The molecule has 1 saturated heterocycles. The maximum atomic E-state index is 13.3. The topological polar surface area (TPSA) is 65.0 Å². The summed E-state index contributed by atoms with van der Waals surface area (Å²) in [6, 6.07) is 7.91. The molecule has 2 fully saturated rings. The first-order valence-corrected chi connectivity index (χ1v) is 10.9. The highest BCUT2D eigenvalue weighted by Gasteiger charge is 2.61. The quantitative estimate of drug-likeness (QED) is 0.842. The molecule has 0 unspecified atom stereocenters. The number of aliphatic imine (C=N–C) groups is 1. The Bertz CT molecular complexity index is 832. The first-order chi connectivity index (χ1) is 13.8. The number of aryl methyl sites for hydroxylation is 1. The van der Waals surface area contributed by atoms with Crippen LogP contribution in [0.4, 0.5) is 10.5 Å². The van der Waals surface area contributed by atoms with Crippen LogP contribution in [0.15, 0.2) is 29.3 Å². The maximum absolute atomic E-state index is 13.3. The van der Waals surface area contributed by atoms with Gasteiger partial charge in [-0.1, -0.05) is 32.9 Å². The lowest BCUT2D eigenvalue weighted by Gasteiger charge is -2.28. The molecule has 3 atom stereocenters. The Hall–Kier alpha value is -2.37. The van der Waals surface area contributed by atoms with Crippen LogP contribution in [0, 0.1) is 17.8 Å². The molecule has 1 aromatic carbocycles. The molecule has 0 bridgehead atoms. The van der Waals surface area contributed by atoms with Crippen LogP contribution in [0.25, 0.3) is 0 Å². The Balaban J connectivity index is 1.46. The number of anilines is 1. The van der Waals surface area contributed by atoms with E-state index in [4.69, 9.17) is 4.99 Å². The van der Waals surface area contributed by atoms with Crippen molar-refractivity contribution in [2.24, 2.45) is 22.7 Å². The van der Waals surface area contributed by atoms with Crippen molar-refractivity contribution in [3.63, 3.8) is 0 Å². The van der Waals surface area contributed by atoms with Gasteiger partial charge in [-0.25, -0.2) is 4.79 Å². The largest absolute Gasteiger partial charge is 0.324 e. The van der Waals surface area contributed by atoms with Gasteiger partial charge in [0.1, 0.15) is 11.4 Å². The smallest absolute Gasteiger partial charge is 0.321 e. The number of amides is 3. The Labute approximate surface area is 173 Å². The molecule has 2 heterocycles. The average molecular weight is 397 g/mol. The van der Waals surface area contributed by atoms with Crippen molar-refractivity contribution in [1.82, 2.24) is 9.80 Å². The van der Waals surface area contributed by atoms with E-state index in [1.807, 2.05) is 41.0 Å². The number of amidine groups is 1. The minimum atomic E-state index is -0.651. The SMILES string of the molecule is CCc1ccc(NC(=O)N2C[C@H]3CC[C@@]4(N=C(C)N(CC(C)C)C4=O)[C@H]3C2)cc1. The molecule has 156 valence electrons. The summed E-state index contributed by atoms with van der Waals surface area (Å²) < 4.78 is 0. The number of nitrogens with zero attached hydrogens (tertiary/aromatic N) is 3. The van der Waals surface area contributed by atoms with Crippen molar-refractivity contribution in [2.45, 2.75) is 52.5 Å². The lowest BCUT2D eigenvalue weighted by atomic mass is 9.85. The molecule has 6 nitrogen and oxygen atoms in total. The van der Waals surface area contributed by atoms with E-state index in [1.54, 1.807) is 0 Å². The number of benzene rings is 1. The van der Waals surface area contributed by atoms with Crippen molar-refractivity contribution >= 4 is 23.5 Å². The predicted molar refractivity (Wildman–Crippen MR) is 115 cm³/mol. The van der Waals surface area contributed by atoms with Crippen LogP contribution in [0.1, 0.15) is 46.1 Å². The molecule has 0 aromatic heterocycles. The summed E-state index contributed by atoms with van der Waals surface area (Å²) in [5.74, 6) is 1.86. The molecule has 2 aliphatic heterocycles. The van der Waals surface area contributed by atoms with Gasteiger partial charge >= 0.3 is 6.03 Å². The van der Waals surface area contributed by atoms with Crippen LogP contribution in [0.5, 0.6) is 0 Å². The average Bonchev–Trinajstić information content (AvgIpc) is 3.33. The van der Waals surface area contributed by atoms with Crippen molar-refractivity contribution in [3.05, 3.63) is 29.8 Å². The summed E-state index contributed by atoms with van der Waals surface area (Å²) in [5.41, 5.74) is 1.41. The zero-order valence-electron chi connectivity index (χ0n) is 17.9. The fraction of sp³-hybridized carbons (Fsp3) is 0.609. The number of carbonyl (C=O) groups is 2. The van der Waals surface area contributed by atoms with E-state index in [9.17, 15) is 9.59 Å². The summed E-state index contributed by atoms with van der Waals surface area (Å²) in [7, 11) is 0. The van der Waals surface area contributed by atoms with E-state index in [1.165, 1.54) is 5.56 Å². The number of hydrogen-bond acceptors (Lipinski definition) is 3. The third-order valence-electron chi connectivity index (χ3n) is 6.77. The van der Waals surface area contributed by atoms with Gasteiger partial charge in [-0.15, -0.1) is 0 Å². The summed E-state index contributed by atoms with van der Waals surface area (Å²) >= 11 is 0. The third-order valence-corrected chi connectivity index (χ3v) is 6.77. The summed E-state index contributed by atoms with van der Waals surface area (Å²) in [6.07, 6.45) is 2.74. The summed E-state index contributed by atoms with van der Waals surface area (Å²) in [4.78, 5) is 34.8. The zero-order chi connectivity index (χ0) is 20.8. The van der Waals surface area contributed by atoms with Crippen molar-refractivity contribution in [2.75, 3.05) is 25.0 Å². The minimum absolute atomic E-state index is 0.0796. The number of rotatable bonds is 4. The number of carbonyl (C=O) groups excluding carboxylic acids is 2. The highest BCUT2D eigenvalue weighted by molar-refractivity contribution is 6.08. The van der Waals surface area contributed by atoms with Gasteiger partial charge < -0.3 is 10.2 Å². The number of fused-ring (bicyclic) bond motifs is 2. The highest BCUT2D eigenvalue weighted by Crippen LogP contribution is 2.50. The van der Waals surface area contributed by atoms with E-state index in [-0.39, 0.29) is 17.9 Å². The first-order valence-electron chi connectivity index (χ1n) is 10.9. The Kier molecular flexibility index (Phi) is 5.13. The molecule has 4 rings (SSSR count). The van der Waals surface area contributed by atoms with Gasteiger partial charge in [0.2, 0.25) is 0 Å². The van der Waals surface area contributed by atoms with Crippen LogP contribution in [0.2, 0.25) is 0 Å². The number of hydrogen-bond donors (Lipinski definition) is 1. The number of likely N-dealkylation sites (tertiary alicyclic amines) is 1. The second-order valence-corrected chi connectivity index (χ2v) is 9.18. The van der Waals surface area contributed by atoms with Crippen LogP contribution < -0.4 is 5.32 Å². The fourth-order valence-corrected chi connectivity index (χ4v) is 5.25. The summed E-state index contributed by atoms with van der Waals surface area (Å²) in [5, 5.41) is 3.01. The predicted octanol–water partition coefficient (Wildman–Crippen LogP) is 3.78. The monoisotopic (exact) mass is 396 g/mol. The second-order valence-electron chi connectivity index (χ2n) is 9.18. The molecule has 29 heavy (non-hydrogen) atoms. The Morgan fingerprint density at radius 1 is 1.28 bits per heavy atom. The molecule has 1 N–H and O–H groups in total. The molecule has 3 aliphatic rings. The third kappa shape index (κ3) is 3.43. The highest BCUT2D eigenvalue weighted by atomic mass is 16.2. The zero-order valence-corrected chi connectivity index (χ0v) is 17.9.